The quantitative estimate of drug-likeness (QED) is 0.688. The molecule has 1 rings (SSSR count). The molecule has 0 fully saturated rings. The lowest BCUT2D eigenvalue weighted by Gasteiger charge is -2.12. The summed E-state index contributed by atoms with van der Waals surface area (Å²) in [5, 5.41) is 0. The van der Waals surface area contributed by atoms with Crippen LogP contribution in [0.5, 0.6) is 0 Å². The molecule has 1 atom stereocenters. The summed E-state index contributed by atoms with van der Waals surface area (Å²) in [6, 6.07) is 7.89. The standard InChI is InChI=1S/C12H16O2/c1-4-14-12(13)10(3)11-8-6-5-7-9(11)2/h5-8,10H,4H2,1-3H3. The minimum Gasteiger partial charge on any atom is -0.466 e. The van der Waals surface area contributed by atoms with Gasteiger partial charge in [-0.05, 0) is 31.9 Å². The molecule has 0 spiro atoms. The highest BCUT2D eigenvalue weighted by molar-refractivity contribution is 5.78. The maximum absolute atomic E-state index is 11.5. The number of ether oxygens (including phenoxy) is 1. The molecular formula is C12H16O2. The van der Waals surface area contributed by atoms with E-state index in [1.807, 2.05) is 45.0 Å². The Morgan fingerprint density at radius 1 is 1.43 bits per heavy atom. The predicted octanol–water partition coefficient (Wildman–Crippen LogP) is 2.66. The molecule has 0 saturated heterocycles. The van der Waals surface area contributed by atoms with Crippen LogP contribution in [0.1, 0.15) is 30.9 Å². The third kappa shape index (κ3) is 2.34. The Labute approximate surface area is 84.9 Å². The largest absolute Gasteiger partial charge is 0.466 e. The van der Waals surface area contributed by atoms with Crippen molar-refractivity contribution in [3.63, 3.8) is 0 Å². The van der Waals surface area contributed by atoms with Crippen molar-refractivity contribution in [1.82, 2.24) is 0 Å². The molecule has 1 aromatic rings. The van der Waals surface area contributed by atoms with E-state index >= 15 is 0 Å². The number of esters is 1. The fourth-order valence-corrected chi connectivity index (χ4v) is 1.47. The van der Waals surface area contributed by atoms with Gasteiger partial charge in [0.15, 0.2) is 0 Å². The lowest BCUT2D eigenvalue weighted by atomic mass is 9.97. The second kappa shape index (κ2) is 4.80. The molecule has 76 valence electrons. The minimum absolute atomic E-state index is 0.151. The van der Waals surface area contributed by atoms with E-state index in [2.05, 4.69) is 0 Å². The van der Waals surface area contributed by atoms with Gasteiger partial charge in [-0.2, -0.15) is 0 Å². The highest BCUT2D eigenvalue weighted by Gasteiger charge is 2.17. The molecule has 0 bridgehead atoms. The Hall–Kier alpha value is -1.31. The van der Waals surface area contributed by atoms with Crippen LogP contribution in [0.4, 0.5) is 0 Å². The highest BCUT2D eigenvalue weighted by Crippen LogP contribution is 2.20. The Bertz CT molecular complexity index is 318. The second-order valence-electron chi connectivity index (χ2n) is 3.33. The van der Waals surface area contributed by atoms with E-state index < -0.39 is 0 Å². The molecule has 1 unspecified atom stereocenters. The van der Waals surface area contributed by atoms with Gasteiger partial charge in [0.25, 0.3) is 0 Å². The van der Waals surface area contributed by atoms with E-state index in [1.54, 1.807) is 0 Å². The number of hydrogen-bond donors (Lipinski definition) is 0. The fraction of sp³-hybridized carbons (Fsp3) is 0.417. The fourth-order valence-electron chi connectivity index (χ4n) is 1.47. The summed E-state index contributed by atoms with van der Waals surface area (Å²) in [7, 11) is 0. The number of aryl methyl sites for hydroxylation is 1. The Morgan fingerprint density at radius 3 is 2.64 bits per heavy atom. The molecule has 2 heteroatoms. The summed E-state index contributed by atoms with van der Waals surface area (Å²) in [5.74, 6) is -0.321. The second-order valence-corrected chi connectivity index (χ2v) is 3.33. The van der Waals surface area contributed by atoms with Crippen LogP contribution in [-0.2, 0) is 9.53 Å². The lowest BCUT2D eigenvalue weighted by molar-refractivity contribution is -0.144. The minimum atomic E-state index is -0.170. The topological polar surface area (TPSA) is 26.3 Å². The van der Waals surface area contributed by atoms with Gasteiger partial charge in [0.1, 0.15) is 0 Å². The van der Waals surface area contributed by atoms with Gasteiger partial charge in [-0.1, -0.05) is 24.3 Å². The van der Waals surface area contributed by atoms with Crippen LogP contribution in [0.3, 0.4) is 0 Å². The molecule has 0 amide bonds. The lowest BCUT2D eigenvalue weighted by Crippen LogP contribution is -2.13. The van der Waals surface area contributed by atoms with Gasteiger partial charge < -0.3 is 4.74 Å². The predicted molar refractivity (Wildman–Crippen MR) is 56.2 cm³/mol. The van der Waals surface area contributed by atoms with Crippen molar-refractivity contribution in [3.05, 3.63) is 35.4 Å². The van der Waals surface area contributed by atoms with Crippen molar-refractivity contribution in [2.75, 3.05) is 6.61 Å². The van der Waals surface area contributed by atoms with Gasteiger partial charge in [-0.3, -0.25) is 4.79 Å². The summed E-state index contributed by atoms with van der Waals surface area (Å²) in [6.45, 7) is 6.14. The summed E-state index contributed by atoms with van der Waals surface area (Å²) >= 11 is 0. The van der Waals surface area contributed by atoms with Crippen LogP contribution in [0.25, 0.3) is 0 Å². The summed E-state index contributed by atoms with van der Waals surface area (Å²) in [4.78, 5) is 11.5. The maximum Gasteiger partial charge on any atom is 0.313 e. The Kier molecular flexibility index (Phi) is 3.69. The smallest absolute Gasteiger partial charge is 0.313 e. The van der Waals surface area contributed by atoms with Crippen LogP contribution < -0.4 is 0 Å². The molecule has 2 nitrogen and oxygen atoms in total. The van der Waals surface area contributed by atoms with E-state index in [0.29, 0.717) is 6.61 Å². The van der Waals surface area contributed by atoms with Crippen molar-refractivity contribution < 1.29 is 9.53 Å². The zero-order chi connectivity index (χ0) is 10.6. The highest BCUT2D eigenvalue weighted by atomic mass is 16.5. The van der Waals surface area contributed by atoms with Gasteiger partial charge in [0, 0.05) is 0 Å². The zero-order valence-electron chi connectivity index (χ0n) is 8.91. The molecule has 0 radical (unpaired) electrons. The van der Waals surface area contributed by atoms with E-state index in [9.17, 15) is 4.79 Å². The first-order valence-corrected chi connectivity index (χ1v) is 4.89. The summed E-state index contributed by atoms with van der Waals surface area (Å²) in [6.07, 6.45) is 0. The molecule has 14 heavy (non-hydrogen) atoms. The van der Waals surface area contributed by atoms with Gasteiger partial charge in [-0.25, -0.2) is 0 Å². The monoisotopic (exact) mass is 192 g/mol. The molecule has 0 heterocycles. The van der Waals surface area contributed by atoms with Crippen LogP contribution in [0, 0.1) is 6.92 Å². The zero-order valence-corrected chi connectivity index (χ0v) is 8.91. The van der Waals surface area contributed by atoms with Crippen LogP contribution in [-0.4, -0.2) is 12.6 Å². The van der Waals surface area contributed by atoms with E-state index in [1.165, 1.54) is 0 Å². The van der Waals surface area contributed by atoms with Crippen molar-refractivity contribution in [1.29, 1.82) is 0 Å². The van der Waals surface area contributed by atoms with Crippen molar-refractivity contribution in [2.24, 2.45) is 0 Å². The molecule has 0 aliphatic heterocycles. The average Bonchev–Trinajstić information content (AvgIpc) is 2.18. The SMILES string of the molecule is CCOC(=O)C(C)c1ccccc1C. The third-order valence-electron chi connectivity index (χ3n) is 2.30. The van der Waals surface area contributed by atoms with Crippen molar-refractivity contribution in [3.8, 4) is 0 Å². The van der Waals surface area contributed by atoms with E-state index in [4.69, 9.17) is 4.74 Å². The number of carbonyl (C=O) groups excluding carboxylic acids is 1. The van der Waals surface area contributed by atoms with Crippen LogP contribution in [0.15, 0.2) is 24.3 Å². The Morgan fingerprint density at radius 2 is 2.07 bits per heavy atom. The normalized spacial score (nSPS) is 12.2. The summed E-state index contributed by atoms with van der Waals surface area (Å²) in [5.41, 5.74) is 2.18. The van der Waals surface area contributed by atoms with Crippen LogP contribution in [0.2, 0.25) is 0 Å². The van der Waals surface area contributed by atoms with Crippen LogP contribution >= 0.6 is 0 Å². The first-order valence-electron chi connectivity index (χ1n) is 4.89. The molecule has 0 saturated carbocycles. The molecule has 0 aliphatic carbocycles. The number of hydrogen-bond acceptors (Lipinski definition) is 2. The average molecular weight is 192 g/mol. The van der Waals surface area contributed by atoms with Gasteiger partial charge in [-0.15, -0.1) is 0 Å². The maximum atomic E-state index is 11.5. The first kappa shape index (κ1) is 10.8. The van der Waals surface area contributed by atoms with Crippen molar-refractivity contribution >= 4 is 5.97 Å². The molecule has 0 aliphatic rings. The number of rotatable bonds is 3. The van der Waals surface area contributed by atoms with E-state index in [-0.39, 0.29) is 11.9 Å². The molecule has 1 aromatic carbocycles. The number of benzene rings is 1. The van der Waals surface area contributed by atoms with Gasteiger partial charge >= 0.3 is 5.97 Å². The molecular weight excluding hydrogens is 176 g/mol. The van der Waals surface area contributed by atoms with Gasteiger partial charge in [0.05, 0.1) is 12.5 Å². The third-order valence-corrected chi connectivity index (χ3v) is 2.30. The van der Waals surface area contributed by atoms with Crippen molar-refractivity contribution in [2.45, 2.75) is 26.7 Å². The van der Waals surface area contributed by atoms with E-state index in [0.717, 1.165) is 11.1 Å². The number of carbonyl (C=O) groups is 1. The van der Waals surface area contributed by atoms with Gasteiger partial charge in [0.2, 0.25) is 0 Å². The summed E-state index contributed by atoms with van der Waals surface area (Å²) < 4.78 is 4.97. The first-order chi connectivity index (χ1) is 6.66. The Balaban J connectivity index is 2.84. The molecule has 0 aromatic heterocycles. The molecule has 0 N–H and O–H groups in total.